The van der Waals surface area contributed by atoms with Crippen molar-refractivity contribution in [3.8, 4) is 11.4 Å². The Morgan fingerprint density at radius 1 is 1.12 bits per heavy atom. The minimum absolute atomic E-state index is 0.103. The highest BCUT2D eigenvalue weighted by atomic mass is 19.3. The Labute approximate surface area is 181 Å². The minimum Gasteiger partial charge on any atom is -0.372 e. The number of nitrogens with one attached hydrogen (secondary N) is 2. The van der Waals surface area contributed by atoms with Gasteiger partial charge in [-0.2, -0.15) is 0 Å². The lowest BCUT2D eigenvalue weighted by molar-refractivity contribution is 0.102. The third-order valence-electron chi connectivity index (χ3n) is 5.46. The first kappa shape index (κ1) is 20.0. The van der Waals surface area contributed by atoms with Gasteiger partial charge in [0.15, 0.2) is 0 Å². The average molecular weight is 435 g/mol. The molecule has 3 aromatic heterocycles. The molecule has 1 aliphatic rings. The number of rotatable bonds is 5. The molecule has 1 saturated heterocycles. The number of halogens is 2. The lowest BCUT2D eigenvalue weighted by Crippen LogP contribution is -2.17. The van der Waals surface area contributed by atoms with Crippen LogP contribution in [0.2, 0.25) is 0 Å². The summed E-state index contributed by atoms with van der Waals surface area (Å²) < 4.78 is 27.9. The van der Waals surface area contributed by atoms with Gasteiger partial charge in [0, 0.05) is 42.3 Å². The van der Waals surface area contributed by atoms with E-state index in [0.29, 0.717) is 22.4 Å². The number of pyridine rings is 1. The van der Waals surface area contributed by atoms with Crippen molar-refractivity contribution in [3.63, 3.8) is 0 Å². The van der Waals surface area contributed by atoms with Crippen LogP contribution in [0.3, 0.4) is 0 Å². The van der Waals surface area contributed by atoms with Gasteiger partial charge < -0.3 is 15.2 Å². The summed E-state index contributed by atoms with van der Waals surface area (Å²) in [5.74, 6) is 0.126. The van der Waals surface area contributed by atoms with Crippen molar-refractivity contribution in [1.29, 1.82) is 0 Å². The summed E-state index contributed by atoms with van der Waals surface area (Å²) in [7, 11) is 0. The van der Waals surface area contributed by atoms with E-state index in [1.807, 2.05) is 6.07 Å². The van der Waals surface area contributed by atoms with Crippen LogP contribution >= 0.6 is 0 Å². The predicted molar refractivity (Wildman–Crippen MR) is 116 cm³/mol. The Morgan fingerprint density at radius 2 is 1.97 bits per heavy atom. The van der Waals surface area contributed by atoms with E-state index >= 15 is 0 Å². The second-order valence-corrected chi connectivity index (χ2v) is 7.48. The van der Waals surface area contributed by atoms with E-state index in [-0.39, 0.29) is 17.0 Å². The van der Waals surface area contributed by atoms with Crippen molar-refractivity contribution in [2.24, 2.45) is 0 Å². The molecule has 4 heterocycles. The number of amides is 1. The molecule has 1 aliphatic heterocycles. The number of benzene rings is 1. The van der Waals surface area contributed by atoms with E-state index in [1.165, 1.54) is 31.0 Å². The number of H-pyrrole nitrogens is 1. The largest absolute Gasteiger partial charge is 0.372 e. The molecular weight excluding hydrogens is 416 g/mol. The molecular formula is C22H19F2N7O. The van der Waals surface area contributed by atoms with Crippen LogP contribution in [-0.4, -0.2) is 43.9 Å². The molecule has 5 rings (SSSR count). The Kier molecular flexibility index (Phi) is 5.18. The van der Waals surface area contributed by atoms with Gasteiger partial charge in [-0.15, -0.1) is 0 Å². The molecule has 0 bridgehead atoms. The molecule has 162 valence electrons. The second-order valence-electron chi connectivity index (χ2n) is 7.48. The fourth-order valence-corrected chi connectivity index (χ4v) is 3.89. The topological polar surface area (TPSA) is 99.7 Å². The lowest BCUT2D eigenvalue weighted by atomic mass is 10.1. The molecule has 10 heteroatoms. The first-order valence-corrected chi connectivity index (χ1v) is 10.2. The highest BCUT2D eigenvalue weighted by molar-refractivity contribution is 6.11. The van der Waals surface area contributed by atoms with E-state index in [1.54, 1.807) is 12.1 Å². The third-order valence-corrected chi connectivity index (χ3v) is 5.46. The zero-order chi connectivity index (χ0) is 22.1. The molecule has 1 fully saturated rings. The van der Waals surface area contributed by atoms with Crippen molar-refractivity contribution in [2.45, 2.75) is 19.3 Å². The number of alkyl halides is 2. The molecule has 0 radical (unpaired) electrons. The molecule has 0 spiro atoms. The fraction of sp³-hybridized carbons (Fsp3) is 0.227. The van der Waals surface area contributed by atoms with Gasteiger partial charge in [0.25, 0.3) is 12.3 Å². The number of hydrogen-bond acceptors (Lipinski definition) is 6. The van der Waals surface area contributed by atoms with Gasteiger partial charge >= 0.3 is 0 Å². The summed E-state index contributed by atoms with van der Waals surface area (Å²) in [5, 5.41) is 2.66. The lowest BCUT2D eigenvalue weighted by Gasteiger charge is -2.19. The van der Waals surface area contributed by atoms with Crippen LogP contribution in [0.4, 0.5) is 20.3 Å². The summed E-state index contributed by atoms with van der Waals surface area (Å²) in [6.07, 6.45) is 5.16. The number of fused-ring (bicyclic) bond motifs is 1. The van der Waals surface area contributed by atoms with Crippen molar-refractivity contribution in [3.05, 3.63) is 60.3 Å². The summed E-state index contributed by atoms with van der Waals surface area (Å²) in [6.45, 7) is 1.73. The van der Waals surface area contributed by atoms with Crippen LogP contribution < -0.4 is 10.2 Å². The van der Waals surface area contributed by atoms with E-state index < -0.39 is 12.3 Å². The maximum atomic E-state index is 13.9. The molecule has 1 aromatic carbocycles. The Balaban J connectivity index is 1.53. The number of hydrogen-bond donors (Lipinski definition) is 2. The first-order valence-electron chi connectivity index (χ1n) is 10.2. The number of carbonyl (C=O) groups excluding carboxylic acids is 1. The van der Waals surface area contributed by atoms with Crippen LogP contribution in [0.25, 0.3) is 22.4 Å². The van der Waals surface area contributed by atoms with Crippen molar-refractivity contribution >= 4 is 28.4 Å². The van der Waals surface area contributed by atoms with Gasteiger partial charge in [-0.1, -0.05) is 0 Å². The molecule has 0 aliphatic carbocycles. The van der Waals surface area contributed by atoms with Gasteiger partial charge in [-0.25, -0.2) is 23.7 Å². The van der Waals surface area contributed by atoms with Gasteiger partial charge in [0.2, 0.25) is 0 Å². The normalized spacial score (nSPS) is 13.8. The van der Waals surface area contributed by atoms with Crippen LogP contribution in [0.1, 0.15) is 35.2 Å². The van der Waals surface area contributed by atoms with Crippen LogP contribution in [-0.2, 0) is 0 Å². The molecule has 0 unspecified atom stereocenters. The molecule has 0 saturated carbocycles. The van der Waals surface area contributed by atoms with Gasteiger partial charge in [-0.05, 0) is 37.1 Å². The summed E-state index contributed by atoms with van der Waals surface area (Å²) in [4.78, 5) is 34.2. The quantitative estimate of drug-likeness (QED) is 0.487. The van der Waals surface area contributed by atoms with Crippen LogP contribution in [0, 0.1) is 0 Å². The van der Waals surface area contributed by atoms with E-state index in [4.69, 9.17) is 0 Å². The highest BCUT2D eigenvalue weighted by Gasteiger charge is 2.22. The molecule has 4 aromatic rings. The molecule has 0 atom stereocenters. The first-order chi connectivity index (χ1) is 15.6. The number of aromatic nitrogens is 5. The number of carbonyl (C=O) groups is 1. The number of imidazole rings is 1. The standard InChI is InChI=1S/C22H19F2N7O/c23-20(24)15-9-13(31-7-1-2-8-31)3-4-14(15)21-28-17-11-26-10-16(19(17)30-21)22(32)29-18-5-6-25-12-27-18/h3-6,9-12,20H,1-2,7-8H2,(H,28,30)(H,25,27,29,32). The van der Waals surface area contributed by atoms with Gasteiger partial charge in [-0.3, -0.25) is 9.78 Å². The predicted octanol–water partition coefficient (Wildman–Crippen LogP) is 4.21. The maximum Gasteiger partial charge on any atom is 0.264 e. The Morgan fingerprint density at radius 3 is 2.72 bits per heavy atom. The molecule has 8 nitrogen and oxygen atoms in total. The molecule has 32 heavy (non-hydrogen) atoms. The van der Waals surface area contributed by atoms with Crippen molar-refractivity contribution < 1.29 is 13.6 Å². The van der Waals surface area contributed by atoms with Crippen molar-refractivity contribution in [2.75, 3.05) is 23.3 Å². The Hall–Kier alpha value is -3.95. The van der Waals surface area contributed by atoms with E-state index in [0.717, 1.165) is 31.6 Å². The van der Waals surface area contributed by atoms with Crippen molar-refractivity contribution in [1.82, 2.24) is 24.9 Å². The summed E-state index contributed by atoms with van der Waals surface area (Å²) >= 11 is 0. The number of anilines is 2. The SMILES string of the molecule is O=C(Nc1ccncn1)c1cncc2[nH]c(-c3ccc(N4CCCC4)cc3C(F)F)nc12. The van der Waals surface area contributed by atoms with E-state index in [9.17, 15) is 13.6 Å². The van der Waals surface area contributed by atoms with E-state index in [2.05, 4.69) is 35.1 Å². The van der Waals surface area contributed by atoms with Crippen LogP contribution in [0.15, 0.2) is 49.2 Å². The zero-order valence-electron chi connectivity index (χ0n) is 16.9. The smallest absolute Gasteiger partial charge is 0.264 e. The van der Waals surface area contributed by atoms with Gasteiger partial charge in [0.1, 0.15) is 23.5 Å². The minimum atomic E-state index is -2.67. The average Bonchev–Trinajstić information content (AvgIpc) is 3.49. The van der Waals surface area contributed by atoms with Crippen LogP contribution in [0.5, 0.6) is 0 Å². The second kappa shape index (κ2) is 8.29. The Bertz CT molecular complexity index is 1270. The number of aromatic amines is 1. The highest BCUT2D eigenvalue weighted by Crippen LogP contribution is 2.35. The summed E-state index contributed by atoms with van der Waals surface area (Å²) in [6, 6.07) is 6.57. The fourth-order valence-electron chi connectivity index (χ4n) is 3.89. The maximum absolute atomic E-state index is 13.9. The third kappa shape index (κ3) is 3.75. The molecule has 2 N–H and O–H groups in total. The van der Waals surface area contributed by atoms with Gasteiger partial charge in [0.05, 0.1) is 17.3 Å². The summed E-state index contributed by atoms with van der Waals surface area (Å²) in [5.41, 5.74) is 1.99. The monoisotopic (exact) mass is 435 g/mol. The zero-order valence-corrected chi connectivity index (χ0v) is 16.9. The molecule has 1 amide bonds. The number of nitrogens with zero attached hydrogens (tertiary/aromatic N) is 5.